The summed E-state index contributed by atoms with van der Waals surface area (Å²) >= 11 is 1.52. The van der Waals surface area contributed by atoms with E-state index in [1.54, 1.807) is 42.7 Å². The lowest BCUT2D eigenvalue weighted by atomic mass is 9.85. The van der Waals surface area contributed by atoms with E-state index in [1.807, 2.05) is 37.4 Å². The second-order valence-electron chi connectivity index (χ2n) is 11.2. The highest BCUT2D eigenvalue weighted by Gasteiger charge is 2.58. The third-order valence-corrected chi connectivity index (χ3v) is 7.86. The predicted octanol–water partition coefficient (Wildman–Crippen LogP) is 6.65. The molecule has 1 aliphatic heterocycles. The maximum absolute atomic E-state index is 14.5. The molecule has 0 unspecified atom stereocenters. The average Bonchev–Trinajstić information content (AvgIpc) is 3.48. The van der Waals surface area contributed by atoms with Gasteiger partial charge in [-0.15, -0.1) is 11.3 Å². The first-order chi connectivity index (χ1) is 18.0. The fourth-order valence-corrected chi connectivity index (χ4v) is 6.43. The predicted molar refractivity (Wildman–Crippen MR) is 146 cm³/mol. The van der Waals surface area contributed by atoms with Crippen LogP contribution in [0.2, 0.25) is 0 Å². The van der Waals surface area contributed by atoms with Crippen LogP contribution in [0.15, 0.2) is 54.3 Å². The molecular formula is C29H35N3O5S. The smallest absolute Gasteiger partial charge is 0.496 e. The second kappa shape index (κ2) is 10.7. The van der Waals surface area contributed by atoms with E-state index in [0.717, 1.165) is 10.4 Å². The first-order valence-electron chi connectivity index (χ1n) is 12.7. The Labute approximate surface area is 227 Å². The minimum absolute atomic E-state index is 0.0482. The molecule has 2 aromatic heterocycles. The number of likely N-dealkylation sites (tertiary alicyclic amines) is 1. The van der Waals surface area contributed by atoms with Gasteiger partial charge in [0.1, 0.15) is 5.75 Å². The van der Waals surface area contributed by atoms with Gasteiger partial charge >= 0.3 is 6.16 Å². The van der Waals surface area contributed by atoms with Crippen LogP contribution in [0.5, 0.6) is 5.75 Å². The molecule has 4 rings (SSSR count). The number of benzene rings is 1. The van der Waals surface area contributed by atoms with Gasteiger partial charge in [-0.05, 0) is 40.5 Å². The maximum Gasteiger partial charge on any atom is 0.507 e. The Morgan fingerprint density at radius 1 is 1.24 bits per heavy atom. The van der Waals surface area contributed by atoms with E-state index in [0.29, 0.717) is 23.4 Å². The van der Waals surface area contributed by atoms with Crippen molar-refractivity contribution in [3.8, 4) is 5.75 Å². The summed E-state index contributed by atoms with van der Waals surface area (Å²) < 4.78 is 11.4. The zero-order valence-electron chi connectivity index (χ0n) is 22.7. The molecule has 0 radical (unpaired) electrons. The molecule has 1 aliphatic rings. The molecular weight excluding hydrogens is 502 g/mol. The number of hydrogen-bond donors (Lipinski definition) is 1. The molecule has 3 heterocycles. The van der Waals surface area contributed by atoms with Crippen LogP contribution in [0, 0.1) is 5.92 Å². The Hall–Kier alpha value is -3.46. The number of nitrogens with zero attached hydrogens (tertiary/aromatic N) is 3. The fourth-order valence-electron chi connectivity index (χ4n) is 5.55. The molecule has 1 amide bonds. The van der Waals surface area contributed by atoms with Crippen LogP contribution in [-0.2, 0) is 10.2 Å². The molecule has 38 heavy (non-hydrogen) atoms. The van der Waals surface area contributed by atoms with Gasteiger partial charge in [-0.1, -0.05) is 46.8 Å². The van der Waals surface area contributed by atoms with Gasteiger partial charge < -0.3 is 14.6 Å². The van der Waals surface area contributed by atoms with Crippen molar-refractivity contribution in [3.63, 3.8) is 0 Å². The Balaban J connectivity index is 1.93. The molecule has 0 saturated carbocycles. The number of methoxy groups -OCH3 is 1. The van der Waals surface area contributed by atoms with E-state index < -0.39 is 17.9 Å². The topological polar surface area (TPSA) is 102 Å². The number of rotatable bonds is 7. The minimum Gasteiger partial charge on any atom is -0.496 e. The molecule has 1 saturated heterocycles. The summed E-state index contributed by atoms with van der Waals surface area (Å²) in [4.78, 5) is 38.0. The number of amides is 1. The SMILES string of the molecule is COc1cc(C(=O)N2[C@@H](c3cccs3)[C@@H](c3cnccn3)C[C@]2(CC(C)C)OC(=O)O)ccc1C(C)(C)C. The number of carbonyl (C=O) groups is 2. The Bertz CT molecular complexity index is 1270. The van der Waals surface area contributed by atoms with Crippen molar-refractivity contribution >= 4 is 23.4 Å². The van der Waals surface area contributed by atoms with Gasteiger partial charge in [-0.2, -0.15) is 0 Å². The van der Waals surface area contributed by atoms with Crippen molar-refractivity contribution in [2.75, 3.05) is 7.11 Å². The molecule has 8 nitrogen and oxygen atoms in total. The van der Waals surface area contributed by atoms with Gasteiger partial charge in [0, 0.05) is 47.8 Å². The monoisotopic (exact) mass is 537 g/mol. The molecule has 3 aromatic rings. The van der Waals surface area contributed by atoms with Crippen molar-refractivity contribution < 1.29 is 24.2 Å². The first kappa shape index (κ1) is 27.6. The van der Waals surface area contributed by atoms with Crippen molar-refractivity contribution in [3.05, 3.63) is 76.0 Å². The summed E-state index contributed by atoms with van der Waals surface area (Å²) in [5.74, 6) is 0.0111. The molecule has 0 bridgehead atoms. The quantitative estimate of drug-likeness (QED) is 0.337. The van der Waals surface area contributed by atoms with Crippen molar-refractivity contribution in [2.24, 2.45) is 5.92 Å². The summed E-state index contributed by atoms with van der Waals surface area (Å²) in [6, 6.07) is 8.83. The van der Waals surface area contributed by atoms with E-state index in [-0.39, 0.29) is 29.6 Å². The number of hydrogen-bond acceptors (Lipinski definition) is 7. The highest BCUT2D eigenvalue weighted by atomic mass is 32.1. The summed E-state index contributed by atoms with van der Waals surface area (Å²) in [6.45, 7) is 10.2. The normalized spacial score (nSPS) is 21.5. The van der Waals surface area contributed by atoms with Crippen LogP contribution in [0.4, 0.5) is 4.79 Å². The van der Waals surface area contributed by atoms with Crippen molar-refractivity contribution in [2.45, 2.75) is 70.6 Å². The Morgan fingerprint density at radius 2 is 2.00 bits per heavy atom. The number of ether oxygens (including phenoxy) is 2. The number of carboxylic acid groups (broad SMARTS) is 1. The van der Waals surface area contributed by atoms with Gasteiger partial charge in [-0.3, -0.25) is 19.7 Å². The van der Waals surface area contributed by atoms with Gasteiger partial charge in [0.2, 0.25) is 0 Å². The molecule has 202 valence electrons. The van der Waals surface area contributed by atoms with Crippen LogP contribution in [0.25, 0.3) is 0 Å². The van der Waals surface area contributed by atoms with Crippen LogP contribution in [0.3, 0.4) is 0 Å². The molecule has 1 N–H and O–H groups in total. The van der Waals surface area contributed by atoms with E-state index >= 15 is 0 Å². The summed E-state index contributed by atoms with van der Waals surface area (Å²) in [5.41, 5.74) is 0.470. The highest BCUT2D eigenvalue weighted by molar-refractivity contribution is 7.10. The molecule has 0 spiro atoms. The Morgan fingerprint density at radius 3 is 2.55 bits per heavy atom. The van der Waals surface area contributed by atoms with Crippen LogP contribution >= 0.6 is 11.3 Å². The molecule has 1 fully saturated rings. The average molecular weight is 538 g/mol. The fraction of sp³-hybridized carbons (Fsp3) is 0.448. The Kier molecular flexibility index (Phi) is 7.78. The van der Waals surface area contributed by atoms with E-state index in [9.17, 15) is 14.7 Å². The molecule has 0 aliphatic carbocycles. The third-order valence-electron chi connectivity index (χ3n) is 6.91. The first-order valence-corrected chi connectivity index (χ1v) is 13.6. The standard InChI is InChI=1S/C29H35N3O5S/c1-18(2)15-29(37-27(34)35)16-20(22-17-30-11-12-31-22)25(24-8-7-13-38-24)32(29)26(33)19-9-10-21(28(3,4)5)23(14-19)36-6/h7-14,17-18,20,25H,15-16H2,1-6H3,(H,34,35)/t20-,25-,29+/m1/s1. The zero-order chi connectivity index (χ0) is 27.7. The maximum atomic E-state index is 14.5. The van der Waals surface area contributed by atoms with Crippen LogP contribution in [-0.4, -0.2) is 44.9 Å². The third kappa shape index (κ3) is 5.38. The molecule has 3 atom stereocenters. The highest BCUT2D eigenvalue weighted by Crippen LogP contribution is 2.55. The van der Waals surface area contributed by atoms with Gasteiger partial charge in [0.05, 0.1) is 18.8 Å². The van der Waals surface area contributed by atoms with Gasteiger partial charge in [0.15, 0.2) is 5.72 Å². The lowest BCUT2D eigenvalue weighted by Crippen LogP contribution is -2.51. The van der Waals surface area contributed by atoms with Crippen LogP contribution in [0.1, 0.15) is 85.9 Å². The second-order valence-corrected chi connectivity index (χ2v) is 12.1. The zero-order valence-corrected chi connectivity index (χ0v) is 23.5. The molecule has 1 aromatic carbocycles. The van der Waals surface area contributed by atoms with Crippen molar-refractivity contribution in [1.82, 2.24) is 14.9 Å². The number of thiophene rings is 1. The number of aromatic nitrogens is 2. The summed E-state index contributed by atoms with van der Waals surface area (Å²) in [5, 5.41) is 11.9. The van der Waals surface area contributed by atoms with E-state index in [4.69, 9.17) is 9.47 Å². The molecule has 9 heteroatoms. The van der Waals surface area contributed by atoms with E-state index in [1.165, 1.54) is 11.3 Å². The lowest BCUT2D eigenvalue weighted by molar-refractivity contribution is -0.108. The summed E-state index contributed by atoms with van der Waals surface area (Å²) in [6.07, 6.45) is 4.07. The van der Waals surface area contributed by atoms with Crippen LogP contribution < -0.4 is 4.74 Å². The van der Waals surface area contributed by atoms with Gasteiger partial charge in [-0.25, -0.2) is 4.79 Å². The van der Waals surface area contributed by atoms with E-state index in [2.05, 4.69) is 30.7 Å². The lowest BCUT2D eigenvalue weighted by Gasteiger charge is -2.40. The minimum atomic E-state index is -1.42. The summed E-state index contributed by atoms with van der Waals surface area (Å²) in [7, 11) is 1.59. The number of carbonyl (C=O) groups excluding carboxylic acids is 1. The van der Waals surface area contributed by atoms with Crippen molar-refractivity contribution in [1.29, 1.82) is 0 Å². The van der Waals surface area contributed by atoms with Gasteiger partial charge in [0.25, 0.3) is 5.91 Å². The largest absolute Gasteiger partial charge is 0.507 e.